The summed E-state index contributed by atoms with van der Waals surface area (Å²) in [6.45, 7) is 2.91. The molecule has 1 saturated heterocycles. The normalized spacial score (nSPS) is 20.7. The zero-order valence-corrected chi connectivity index (χ0v) is 15.0. The van der Waals surface area contributed by atoms with E-state index < -0.39 is 0 Å². The van der Waals surface area contributed by atoms with Crippen LogP contribution in [-0.4, -0.2) is 52.6 Å². The topological polar surface area (TPSA) is 49.3 Å². The Balaban J connectivity index is 1.88. The molecule has 2 atom stereocenters. The standard InChI is InChI=1S/C18H22N4OS/c1-13-17(14-7-5-4-6-8-14)22(11-12-24-13)18(23)15-9-10-16(20-19-15)21(2)3/h4-10,13,17H,11-12H2,1-3H3/t13-,17-/m1/s1. The van der Waals surface area contributed by atoms with E-state index in [1.807, 2.05) is 59.9 Å². The third-order valence-corrected chi connectivity index (χ3v) is 5.42. The molecule has 0 spiro atoms. The van der Waals surface area contributed by atoms with Crippen molar-refractivity contribution < 1.29 is 4.79 Å². The predicted molar refractivity (Wildman–Crippen MR) is 98.5 cm³/mol. The van der Waals surface area contributed by atoms with E-state index >= 15 is 0 Å². The molecule has 1 aliphatic heterocycles. The molecule has 0 unspecified atom stereocenters. The summed E-state index contributed by atoms with van der Waals surface area (Å²) in [4.78, 5) is 16.8. The van der Waals surface area contributed by atoms with Crippen molar-refractivity contribution in [3.63, 3.8) is 0 Å². The van der Waals surface area contributed by atoms with Crippen LogP contribution in [-0.2, 0) is 0 Å². The van der Waals surface area contributed by atoms with Gasteiger partial charge in [0.15, 0.2) is 11.5 Å². The maximum absolute atomic E-state index is 13.0. The Hall–Kier alpha value is -2.08. The lowest BCUT2D eigenvalue weighted by molar-refractivity contribution is 0.0673. The van der Waals surface area contributed by atoms with Gasteiger partial charge in [-0.2, -0.15) is 11.8 Å². The second kappa shape index (κ2) is 7.21. The Labute approximate surface area is 147 Å². The van der Waals surface area contributed by atoms with E-state index in [4.69, 9.17) is 0 Å². The van der Waals surface area contributed by atoms with Crippen LogP contribution in [0.25, 0.3) is 0 Å². The van der Waals surface area contributed by atoms with Gasteiger partial charge >= 0.3 is 0 Å². The maximum Gasteiger partial charge on any atom is 0.274 e. The van der Waals surface area contributed by atoms with Gasteiger partial charge in [0.25, 0.3) is 5.91 Å². The van der Waals surface area contributed by atoms with Crippen LogP contribution in [0.2, 0.25) is 0 Å². The first-order valence-corrected chi connectivity index (χ1v) is 9.11. The fourth-order valence-corrected chi connectivity index (χ4v) is 4.13. The van der Waals surface area contributed by atoms with E-state index in [-0.39, 0.29) is 11.9 Å². The van der Waals surface area contributed by atoms with Gasteiger partial charge in [0.05, 0.1) is 6.04 Å². The summed E-state index contributed by atoms with van der Waals surface area (Å²) < 4.78 is 0. The number of benzene rings is 1. The fourth-order valence-electron chi connectivity index (χ4n) is 2.97. The van der Waals surface area contributed by atoms with Gasteiger partial charge in [-0.1, -0.05) is 37.3 Å². The lowest BCUT2D eigenvalue weighted by atomic mass is 10.0. The van der Waals surface area contributed by atoms with Crippen LogP contribution >= 0.6 is 11.8 Å². The Morgan fingerprint density at radius 3 is 2.54 bits per heavy atom. The van der Waals surface area contributed by atoms with Crippen LogP contribution in [0.5, 0.6) is 0 Å². The van der Waals surface area contributed by atoms with E-state index in [1.165, 1.54) is 5.56 Å². The monoisotopic (exact) mass is 342 g/mol. The molecular formula is C18H22N4OS. The number of rotatable bonds is 3. The number of carbonyl (C=O) groups is 1. The summed E-state index contributed by atoms with van der Waals surface area (Å²) in [5.41, 5.74) is 1.57. The summed E-state index contributed by atoms with van der Waals surface area (Å²) in [7, 11) is 3.81. The molecule has 2 heterocycles. The van der Waals surface area contributed by atoms with Crippen LogP contribution in [0.1, 0.15) is 29.0 Å². The molecule has 126 valence electrons. The Bertz CT molecular complexity index is 690. The molecule has 1 aromatic carbocycles. The van der Waals surface area contributed by atoms with E-state index in [1.54, 1.807) is 6.07 Å². The molecule has 5 nitrogen and oxygen atoms in total. The maximum atomic E-state index is 13.0. The van der Waals surface area contributed by atoms with Gasteiger partial charge in [0.1, 0.15) is 0 Å². The van der Waals surface area contributed by atoms with Gasteiger partial charge in [0, 0.05) is 31.6 Å². The summed E-state index contributed by atoms with van der Waals surface area (Å²) in [6, 6.07) is 13.9. The molecule has 0 N–H and O–H groups in total. The molecule has 0 aliphatic carbocycles. The molecule has 1 amide bonds. The molecule has 0 bridgehead atoms. The predicted octanol–water partition coefficient (Wildman–Crippen LogP) is 2.86. The van der Waals surface area contributed by atoms with Crippen molar-refractivity contribution in [2.45, 2.75) is 18.2 Å². The highest BCUT2D eigenvalue weighted by molar-refractivity contribution is 8.00. The van der Waals surface area contributed by atoms with Gasteiger partial charge in [-0.05, 0) is 17.7 Å². The molecule has 1 aromatic heterocycles. The van der Waals surface area contributed by atoms with E-state index in [0.29, 0.717) is 10.9 Å². The molecule has 0 saturated carbocycles. The fraction of sp³-hybridized carbons (Fsp3) is 0.389. The number of hydrogen-bond acceptors (Lipinski definition) is 5. The van der Waals surface area contributed by atoms with E-state index in [0.717, 1.165) is 18.1 Å². The highest BCUT2D eigenvalue weighted by Crippen LogP contribution is 2.36. The quantitative estimate of drug-likeness (QED) is 0.858. The second-order valence-corrected chi connectivity index (χ2v) is 7.59. The average molecular weight is 342 g/mol. The van der Waals surface area contributed by atoms with Crippen LogP contribution in [0, 0.1) is 0 Å². The minimum absolute atomic E-state index is 0.0474. The third-order valence-electron chi connectivity index (χ3n) is 4.22. The molecule has 3 rings (SSSR count). The highest BCUT2D eigenvalue weighted by Gasteiger charge is 2.34. The molecule has 1 aliphatic rings. The Kier molecular flexibility index (Phi) is 5.04. The highest BCUT2D eigenvalue weighted by atomic mass is 32.2. The van der Waals surface area contributed by atoms with E-state index in [9.17, 15) is 4.79 Å². The lowest BCUT2D eigenvalue weighted by Gasteiger charge is -2.39. The molecule has 1 fully saturated rings. The Morgan fingerprint density at radius 2 is 1.92 bits per heavy atom. The van der Waals surface area contributed by atoms with Gasteiger partial charge in [-0.15, -0.1) is 10.2 Å². The summed E-state index contributed by atoms with van der Waals surface area (Å²) in [5, 5.41) is 8.62. The number of amides is 1. The van der Waals surface area contributed by atoms with Crippen LogP contribution < -0.4 is 4.90 Å². The molecule has 6 heteroatoms. The van der Waals surface area contributed by atoms with Gasteiger partial charge in [-0.25, -0.2) is 0 Å². The zero-order valence-electron chi connectivity index (χ0n) is 14.2. The number of aromatic nitrogens is 2. The molecule has 0 radical (unpaired) electrons. The first kappa shape index (κ1) is 16.8. The average Bonchev–Trinajstić information content (AvgIpc) is 2.61. The molecular weight excluding hydrogens is 320 g/mol. The zero-order chi connectivity index (χ0) is 17.1. The molecule has 24 heavy (non-hydrogen) atoms. The smallest absolute Gasteiger partial charge is 0.274 e. The number of hydrogen-bond donors (Lipinski definition) is 0. The minimum atomic E-state index is -0.0474. The van der Waals surface area contributed by atoms with Gasteiger partial charge < -0.3 is 9.80 Å². The summed E-state index contributed by atoms with van der Waals surface area (Å²) in [6.07, 6.45) is 0. The van der Waals surface area contributed by atoms with Gasteiger partial charge in [-0.3, -0.25) is 4.79 Å². The van der Waals surface area contributed by atoms with Crippen LogP contribution in [0.4, 0.5) is 5.82 Å². The van der Waals surface area contributed by atoms with E-state index in [2.05, 4.69) is 29.3 Å². The van der Waals surface area contributed by atoms with Gasteiger partial charge in [0.2, 0.25) is 0 Å². The number of carbonyl (C=O) groups excluding carboxylic acids is 1. The number of nitrogens with zero attached hydrogens (tertiary/aromatic N) is 4. The first-order chi connectivity index (χ1) is 11.6. The van der Waals surface area contributed by atoms with Crippen molar-refractivity contribution in [1.82, 2.24) is 15.1 Å². The lowest BCUT2D eigenvalue weighted by Crippen LogP contribution is -2.44. The van der Waals surface area contributed by atoms with Crippen molar-refractivity contribution in [3.8, 4) is 0 Å². The van der Waals surface area contributed by atoms with Crippen molar-refractivity contribution in [2.75, 3.05) is 31.3 Å². The number of thioether (sulfide) groups is 1. The second-order valence-electron chi connectivity index (χ2n) is 6.10. The van der Waals surface area contributed by atoms with Crippen molar-refractivity contribution in [2.24, 2.45) is 0 Å². The molecule has 2 aromatic rings. The van der Waals surface area contributed by atoms with Crippen LogP contribution in [0.3, 0.4) is 0 Å². The SMILES string of the molecule is C[C@H]1SCCN(C(=O)c2ccc(N(C)C)nn2)[C@H]1c1ccccc1. The third kappa shape index (κ3) is 3.38. The largest absolute Gasteiger partial charge is 0.361 e. The number of anilines is 1. The minimum Gasteiger partial charge on any atom is -0.361 e. The van der Waals surface area contributed by atoms with Crippen molar-refractivity contribution >= 4 is 23.5 Å². The first-order valence-electron chi connectivity index (χ1n) is 8.06. The van der Waals surface area contributed by atoms with Crippen molar-refractivity contribution in [1.29, 1.82) is 0 Å². The van der Waals surface area contributed by atoms with Crippen LogP contribution in [0.15, 0.2) is 42.5 Å². The summed E-state index contributed by atoms with van der Waals surface area (Å²) >= 11 is 1.91. The Morgan fingerprint density at radius 1 is 1.17 bits per heavy atom. The van der Waals surface area contributed by atoms with Crippen molar-refractivity contribution in [3.05, 3.63) is 53.7 Å². The summed E-state index contributed by atoms with van der Waals surface area (Å²) in [5.74, 6) is 1.64.